The van der Waals surface area contributed by atoms with E-state index in [1.807, 2.05) is 36.0 Å². The van der Waals surface area contributed by atoms with Gasteiger partial charge in [-0.2, -0.15) is 14.7 Å². The summed E-state index contributed by atoms with van der Waals surface area (Å²) < 4.78 is 35.8. The zero-order valence-electron chi connectivity index (χ0n) is 21.2. The van der Waals surface area contributed by atoms with Gasteiger partial charge in [0.25, 0.3) is 0 Å². The van der Waals surface area contributed by atoms with Crippen LogP contribution < -0.4 is 0 Å². The number of nitrogens with zero attached hydrogens (tertiary/aromatic N) is 6. The van der Waals surface area contributed by atoms with Gasteiger partial charge in [-0.3, -0.25) is 4.68 Å². The largest absolute Gasteiger partial charge is 0.361 e. The van der Waals surface area contributed by atoms with Crippen LogP contribution >= 0.6 is 0 Å². The van der Waals surface area contributed by atoms with Gasteiger partial charge in [0.05, 0.1) is 23.9 Å². The lowest BCUT2D eigenvalue weighted by Crippen LogP contribution is -2.64. The smallest absolute Gasteiger partial charge is 0.213 e. The average Bonchev–Trinajstić information content (AvgIpc) is 3.36. The van der Waals surface area contributed by atoms with Gasteiger partial charge in [-0.25, -0.2) is 13.4 Å². The molecule has 11 heteroatoms. The number of hydrogen-bond donors (Lipinski definition) is 0. The average molecular weight is 515 g/mol. The molecule has 0 N–H and O–H groups in total. The molecule has 188 valence electrons. The normalized spacial score (nSPS) is 16.3. The molecule has 35 heavy (non-hydrogen) atoms. The monoisotopic (exact) mass is 514 g/mol. The third kappa shape index (κ3) is 5.07. The molecule has 4 rings (SSSR count). The fourth-order valence-electron chi connectivity index (χ4n) is 4.41. The molecule has 0 spiro atoms. The second-order valence-electron chi connectivity index (χ2n) is 10.5. The zero-order chi connectivity index (χ0) is 25.4. The molecule has 0 aliphatic carbocycles. The van der Waals surface area contributed by atoms with Crippen molar-refractivity contribution in [1.29, 1.82) is 5.26 Å². The van der Waals surface area contributed by atoms with Gasteiger partial charge in [0, 0.05) is 57.3 Å². The van der Waals surface area contributed by atoms with E-state index in [1.54, 1.807) is 17.8 Å². The molecule has 3 aromatic rings. The Labute approximate surface area is 208 Å². The maximum absolute atomic E-state index is 12.3. The van der Waals surface area contributed by atoms with Crippen LogP contribution in [0.25, 0.3) is 22.2 Å². The van der Waals surface area contributed by atoms with Crippen LogP contribution in [0.4, 0.5) is 0 Å². The first-order valence-corrected chi connectivity index (χ1v) is 17.2. The molecule has 1 fully saturated rings. The summed E-state index contributed by atoms with van der Waals surface area (Å²) in [5.74, 6) is 0.0485. The minimum absolute atomic E-state index is 0.0485. The highest BCUT2D eigenvalue weighted by Crippen LogP contribution is 2.37. The van der Waals surface area contributed by atoms with Crippen LogP contribution in [0.15, 0.2) is 30.7 Å². The van der Waals surface area contributed by atoms with Crippen molar-refractivity contribution < 1.29 is 13.2 Å². The second kappa shape index (κ2) is 9.50. The molecule has 0 unspecified atom stereocenters. The summed E-state index contributed by atoms with van der Waals surface area (Å²) in [6.45, 7) is 12.3. The summed E-state index contributed by atoms with van der Waals surface area (Å²) in [5, 5.41) is 15.2. The number of rotatable bonds is 10. The van der Waals surface area contributed by atoms with E-state index in [0.29, 0.717) is 6.73 Å². The van der Waals surface area contributed by atoms with E-state index < -0.39 is 23.6 Å². The van der Waals surface area contributed by atoms with Crippen molar-refractivity contribution in [2.45, 2.75) is 58.2 Å². The fraction of sp³-hybridized carbons (Fsp3) is 0.542. The van der Waals surface area contributed by atoms with Gasteiger partial charge in [-0.1, -0.05) is 19.6 Å². The first kappa shape index (κ1) is 25.6. The summed E-state index contributed by atoms with van der Waals surface area (Å²) in [6, 6.07) is 7.36. The van der Waals surface area contributed by atoms with Crippen molar-refractivity contribution in [2.24, 2.45) is 0 Å². The van der Waals surface area contributed by atoms with E-state index >= 15 is 0 Å². The third-order valence-electron chi connectivity index (χ3n) is 6.67. The van der Waals surface area contributed by atoms with Gasteiger partial charge < -0.3 is 9.30 Å². The zero-order valence-corrected chi connectivity index (χ0v) is 23.0. The van der Waals surface area contributed by atoms with Crippen molar-refractivity contribution in [1.82, 2.24) is 23.6 Å². The van der Waals surface area contributed by atoms with Crippen molar-refractivity contribution in [2.75, 3.05) is 25.4 Å². The van der Waals surface area contributed by atoms with Crippen LogP contribution in [-0.4, -0.2) is 65.6 Å². The van der Waals surface area contributed by atoms with Gasteiger partial charge >= 0.3 is 0 Å². The van der Waals surface area contributed by atoms with Gasteiger partial charge in [0.2, 0.25) is 10.0 Å². The molecule has 1 aliphatic rings. The molecule has 0 bridgehead atoms. The predicted octanol–water partition coefficient (Wildman–Crippen LogP) is 3.79. The fourth-order valence-corrected chi connectivity index (χ4v) is 6.41. The van der Waals surface area contributed by atoms with Crippen LogP contribution in [0, 0.1) is 18.3 Å². The Kier molecular flexibility index (Phi) is 6.94. The van der Waals surface area contributed by atoms with Crippen LogP contribution in [0.1, 0.15) is 19.0 Å². The number of aryl methyl sites for hydroxylation is 1. The van der Waals surface area contributed by atoms with Crippen molar-refractivity contribution in [3.63, 3.8) is 0 Å². The second-order valence-corrected chi connectivity index (χ2v) is 18.4. The molecule has 4 heterocycles. The minimum Gasteiger partial charge on any atom is -0.361 e. The lowest BCUT2D eigenvalue weighted by atomic mass is 9.89. The minimum atomic E-state index is -3.30. The topological polar surface area (TPSA) is 106 Å². The number of hydrogen-bond acceptors (Lipinski definition) is 6. The molecule has 0 saturated carbocycles. The Morgan fingerprint density at radius 2 is 1.97 bits per heavy atom. The summed E-state index contributed by atoms with van der Waals surface area (Å²) in [4.78, 5) is 4.59. The standard InChI is InChI=1S/C24H34N6O3SSi/c1-6-34(31,32)29-16-24(17-29,9-10-25)30-15-22(19(2)27-30)20-7-11-26-23-21(20)8-12-28(23)18-33-13-14-35(3,4)5/h7-8,11-12,15H,6,9,13-14,16-18H2,1-5H3. The van der Waals surface area contributed by atoms with E-state index in [4.69, 9.17) is 9.84 Å². The quantitative estimate of drug-likeness (QED) is 0.301. The number of pyridine rings is 1. The molecule has 0 atom stereocenters. The van der Waals surface area contributed by atoms with Crippen molar-refractivity contribution in [3.05, 3.63) is 36.4 Å². The Bertz CT molecular complexity index is 1360. The van der Waals surface area contributed by atoms with Gasteiger partial charge in [0.15, 0.2) is 0 Å². The van der Waals surface area contributed by atoms with Crippen LogP contribution in [0.3, 0.4) is 0 Å². The highest BCUT2D eigenvalue weighted by atomic mass is 32.2. The van der Waals surface area contributed by atoms with E-state index in [1.165, 1.54) is 4.31 Å². The van der Waals surface area contributed by atoms with Crippen LogP contribution in [0.5, 0.6) is 0 Å². The number of aromatic nitrogens is 4. The molecule has 0 amide bonds. The third-order valence-corrected chi connectivity index (χ3v) is 10.2. The first-order valence-electron chi connectivity index (χ1n) is 11.9. The summed E-state index contributed by atoms with van der Waals surface area (Å²) in [5.41, 5.74) is 2.97. The maximum atomic E-state index is 12.3. The molecular formula is C24H34N6O3SSi. The lowest BCUT2D eigenvalue weighted by Gasteiger charge is -2.47. The number of ether oxygens (including phenoxy) is 1. The Morgan fingerprint density at radius 1 is 1.23 bits per heavy atom. The van der Waals surface area contributed by atoms with E-state index in [0.717, 1.165) is 40.5 Å². The van der Waals surface area contributed by atoms with E-state index in [-0.39, 0.29) is 25.3 Å². The summed E-state index contributed by atoms with van der Waals surface area (Å²) in [7, 11) is -4.44. The molecule has 1 aliphatic heterocycles. The number of fused-ring (bicyclic) bond motifs is 1. The molecule has 1 saturated heterocycles. The van der Waals surface area contributed by atoms with Crippen molar-refractivity contribution >= 4 is 29.1 Å². The predicted molar refractivity (Wildman–Crippen MR) is 139 cm³/mol. The molecule has 0 radical (unpaired) electrons. The van der Waals surface area contributed by atoms with Gasteiger partial charge in [-0.15, -0.1) is 0 Å². The SMILES string of the molecule is CCS(=O)(=O)N1CC(CC#N)(n2cc(-c3ccnc4c3ccn4COCC[Si](C)(C)C)c(C)n2)C1. The molecule has 3 aromatic heterocycles. The Balaban J connectivity index is 1.60. The van der Waals surface area contributed by atoms with Crippen LogP contribution in [0.2, 0.25) is 25.7 Å². The molecule has 9 nitrogen and oxygen atoms in total. The first-order chi connectivity index (χ1) is 16.5. The molecular weight excluding hydrogens is 480 g/mol. The highest BCUT2D eigenvalue weighted by Gasteiger charge is 2.50. The van der Waals surface area contributed by atoms with Crippen LogP contribution in [-0.2, 0) is 27.0 Å². The maximum Gasteiger partial charge on any atom is 0.213 e. The summed E-state index contributed by atoms with van der Waals surface area (Å²) >= 11 is 0. The number of nitriles is 1. The van der Waals surface area contributed by atoms with Crippen molar-refractivity contribution in [3.8, 4) is 17.2 Å². The Morgan fingerprint density at radius 3 is 2.63 bits per heavy atom. The lowest BCUT2D eigenvalue weighted by molar-refractivity contribution is 0.0716. The number of sulfonamides is 1. The van der Waals surface area contributed by atoms with Gasteiger partial charge in [0.1, 0.15) is 17.9 Å². The molecule has 0 aromatic carbocycles. The highest BCUT2D eigenvalue weighted by molar-refractivity contribution is 7.89. The van der Waals surface area contributed by atoms with E-state index in [9.17, 15) is 13.7 Å². The Hall–Kier alpha value is -2.52. The summed E-state index contributed by atoms with van der Waals surface area (Å²) in [6.07, 6.45) is 5.92. The van der Waals surface area contributed by atoms with E-state index in [2.05, 4.69) is 30.7 Å². The van der Waals surface area contributed by atoms with Gasteiger partial charge in [-0.05, 0) is 37.6 Å².